The Balaban J connectivity index is 1.68. The lowest BCUT2D eigenvalue weighted by Crippen LogP contribution is -2.26. The summed E-state index contributed by atoms with van der Waals surface area (Å²) in [5.41, 5.74) is 1.05. The molecule has 134 valence electrons. The van der Waals surface area contributed by atoms with Crippen LogP contribution in [-0.2, 0) is 0 Å². The minimum atomic E-state index is -0.453. The topological polar surface area (TPSA) is 81.9 Å². The van der Waals surface area contributed by atoms with Crippen LogP contribution in [-0.4, -0.2) is 32.3 Å². The van der Waals surface area contributed by atoms with E-state index in [0.29, 0.717) is 23.6 Å². The van der Waals surface area contributed by atoms with E-state index in [0.717, 1.165) is 0 Å². The number of hydrogen-bond donors (Lipinski definition) is 1. The summed E-state index contributed by atoms with van der Waals surface area (Å²) in [5.74, 6) is 0.0525. The summed E-state index contributed by atoms with van der Waals surface area (Å²) in [4.78, 5) is 16.6. The maximum atomic E-state index is 14.0. The highest BCUT2D eigenvalue weighted by Gasteiger charge is 2.14. The molecule has 1 N–H and O–H groups in total. The van der Waals surface area contributed by atoms with Gasteiger partial charge >= 0.3 is 0 Å². The molecule has 26 heavy (non-hydrogen) atoms. The molecule has 0 fully saturated rings. The van der Waals surface area contributed by atoms with Crippen molar-refractivity contribution in [3.8, 4) is 11.6 Å². The van der Waals surface area contributed by atoms with Crippen molar-refractivity contribution in [3.05, 3.63) is 66.1 Å². The van der Waals surface area contributed by atoms with Gasteiger partial charge in [0.25, 0.3) is 5.91 Å². The number of rotatable bonds is 6. The molecule has 8 heteroatoms. The Labute approximate surface area is 149 Å². The summed E-state index contributed by atoms with van der Waals surface area (Å²) < 4.78 is 20.8. The van der Waals surface area contributed by atoms with Gasteiger partial charge in [0.05, 0.1) is 18.2 Å². The molecule has 3 rings (SSSR count). The molecule has 0 saturated carbocycles. The number of benzene rings is 1. The standard InChI is InChI=1S/C18H18FN5O2/c1-3-26-16-6-4-13(8-15(16)19)12(2)23-18(25)14-5-7-17(20-9-14)24-10-21-22-11-24/h4-12H,3H2,1-2H3,(H,23,25). The number of pyridine rings is 1. The molecule has 0 saturated heterocycles. The molecule has 0 radical (unpaired) electrons. The molecular weight excluding hydrogens is 337 g/mol. The van der Waals surface area contributed by atoms with Gasteiger partial charge < -0.3 is 10.1 Å². The lowest BCUT2D eigenvalue weighted by Gasteiger charge is -2.15. The molecule has 0 bridgehead atoms. The van der Waals surface area contributed by atoms with Crippen LogP contribution in [0.2, 0.25) is 0 Å². The summed E-state index contributed by atoms with van der Waals surface area (Å²) in [6.45, 7) is 3.96. The first-order valence-corrected chi connectivity index (χ1v) is 8.12. The molecule has 3 aromatic rings. The maximum absolute atomic E-state index is 14.0. The van der Waals surface area contributed by atoms with Crippen molar-refractivity contribution in [3.63, 3.8) is 0 Å². The third-order valence-electron chi connectivity index (χ3n) is 3.80. The van der Waals surface area contributed by atoms with E-state index in [1.807, 2.05) is 0 Å². The summed E-state index contributed by atoms with van der Waals surface area (Å²) in [7, 11) is 0. The second-order valence-electron chi connectivity index (χ2n) is 5.59. The Hall–Kier alpha value is -3.29. The predicted octanol–water partition coefficient (Wildman–Crippen LogP) is 2.69. The third kappa shape index (κ3) is 3.85. The first-order chi connectivity index (χ1) is 12.6. The van der Waals surface area contributed by atoms with Crippen molar-refractivity contribution < 1.29 is 13.9 Å². The van der Waals surface area contributed by atoms with Gasteiger partial charge in [0.2, 0.25) is 0 Å². The molecule has 7 nitrogen and oxygen atoms in total. The molecule has 1 aromatic carbocycles. The van der Waals surface area contributed by atoms with Crippen LogP contribution >= 0.6 is 0 Å². The zero-order chi connectivity index (χ0) is 18.5. The third-order valence-corrected chi connectivity index (χ3v) is 3.80. The Morgan fingerprint density at radius 1 is 1.27 bits per heavy atom. The monoisotopic (exact) mass is 355 g/mol. The van der Waals surface area contributed by atoms with Crippen LogP contribution in [0.5, 0.6) is 5.75 Å². The van der Waals surface area contributed by atoms with Crippen LogP contribution in [0, 0.1) is 5.82 Å². The smallest absolute Gasteiger partial charge is 0.253 e. The van der Waals surface area contributed by atoms with Crippen molar-refractivity contribution in [1.82, 2.24) is 25.1 Å². The highest BCUT2D eigenvalue weighted by atomic mass is 19.1. The van der Waals surface area contributed by atoms with Crippen LogP contribution < -0.4 is 10.1 Å². The van der Waals surface area contributed by atoms with Gasteiger partial charge in [0.1, 0.15) is 18.5 Å². The van der Waals surface area contributed by atoms with Crippen LogP contribution in [0.15, 0.2) is 49.2 Å². The number of nitrogens with one attached hydrogen (secondary N) is 1. The van der Waals surface area contributed by atoms with Crippen LogP contribution in [0.1, 0.15) is 35.8 Å². The van der Waals surface area contributed by atoms with Crippen molar-refractivity contribution >= 4 is 5.91 Å². The molecule has 1 atom stereocenters. The first kappa shape index (κ1) is 17.5. The van der Waals surface area contributed by atoms with Gasteiger partial charge in [0, 0.05) is 6.20 Å². The minimum absolute atomic E-state index is 0.198. The zero-order valence-electron chi connectivity index (χ0n) is 14.4. The van der Waals surface area contributed by atoms with Gasteiger partial charge in [-0.3, -0.25) is 9.36 Å². The molecule has 2 aromatic heterocycles. The van der Waals surface area contributed by atoms with Gasteiger partial charge in [-0.05, 0) is 43.7 Å². The Morgan fingerprint density at radius 3 is 2.65 bits per heavy atom. The summed E-state index contributed by atoms with van der Waals surface area (Å²) >= 11 is 0. The number of ether oxygens (including phenoxy) is 1. The van der Waals surface area contributed by atoms with Gasteiger partial charge in [-0.25, -0.2) is 9.37 Å². The van der Waals surface area contributed by atoms with Gasteiger partial charge in [-0.15, -0.1) is 10.2 Å². The number of nitrogens with zero attached hydrogens (tertiary/aromatic N) is 4. The molecule has 0 aliphatic heterocycles. The number of aromatic nitrogens is 4. The van der Waals surface area contributed by atoms with E-state index >= 15 is 0 Å². The SMILES string of the molecule is CCOc1ccc(C(C)NC(=O)c2ccc(-n3cnnc3)nc2)cc1F. The van der Waals surface area contributed by atoms with E-state index in [4.69, 9.17) is 4.74 Å². The highest BCUT2D eigenvalue weighted by Crippen LogP contribution is 2.22. The molecule has 0 aliphatic carbocycles. The van der Waals surface area contributed by atoms with E-state index in [-0.39, 0.29) is 17.7 Å². The first-order valence-electron chi connectivity index (χ1n) is 8.12. The van der Waals surface area contributed by atoms with E-state index in [9.17, 15) is 9.18 Å². The van der Waals surface area contributed by atoms with Crippen molar-refractivity contribution in [1.29, 1.82) is 0 Å². The van der Waals surface area contributed by atoms with Gasteiger partial charge in [-0.1, -0.05) is 6.07 Å². The van der Waals surface area contributed by atoms with Gasteiger partial charge in [-0.2, -0.15) is 0 Å². The zero-order valence-corrected chi connectivity index (χ0v) is 14.4. The number of carbonyl (C=O) groups excluding carboxylic acids is 1. The fourth-order valence-electron chi connectivity index (χ4n) is 2.41. The summed E-state index contributed by atoms with van der Waals surface area (Å²) in [5, 5.41) is 10.2. The number of hydrogen-bond acceptors (Lipinski definition) is 5. The quantitative estimate of drug-likeness (QED) is 0.735. The maximum Gasteiger partial charge on any atom is 0.253 e. The predicted molar refractivity (Wildman–Crippen MR) is 92.6 cm³/mol. The molecular formula is C18H18FN5O2. The minimum Gasteiger partial charge on any atom is -0.491 e. The number of halogens is 1. The van der Waals surface area contributed by atoms with Crippen LogP contribution in [0.3, 0.4) is 0 Å². The number of carbonyl (C=O) groups is 1. The summed E-state index contributed by atoms with van der Waals surface area (Å²) in [6.07, 6.45) is 4.51. The molecule has 0 aliphatic rings. The van der Waals surface area contributed by atoms with Crippen molar-refractivity contribution in [2.75, 3.05) is 6.61 Å². The molecule has 2 heterocycles. The molecule has 1 amide bonds. The number of amides is 1. The second kappa shape index (κ2) is 7.73. The van der Waals surface area contributed by atoms with Crippen molar-refractivity contribution in [2.24, 2.45) is 0 Å². The van der Waals surface area contributed by atoms with Gasteiger partial charge in [0.15, 0.2) is 11.6 Å². The Morgan fingerprint density at radius 2 is 2.04 bits per heavy atom. The van der Waals surface area contributed by atoms with Crippen LogP contribution in [0.25, 0.3) is 5.82 Å². The second-order valence-corrected chi connectivity index (χ2v) is 5.59. The Bertz CT molecular complexity index is 881. The average Bonchev–Trinajstić information content (AvgIpc) is 3.18. The highest BCUT2D eigenvalue weighted by molar-refractivity contribution is 5.94. The van der Waals surface area contributed by atoms with E-state index in [2.05, 4.69) is 20.5 Å². The van der Waals surface area contributed by atoms with E-state index < -0.39 is 5.82 Å². The lowest BCUT2D eigenvalue weighted by atomic mass is 10.1. The van der Waals surface area contributed by atoms with Crippen LogP contribution in [0.4, 0.5) is 4.39 Å². The van der Waals surface area contributed by atoms with E-state index in [1.54, 1.807) is 42.7 Å². The fourth-order valence-corrected chi connectivity index (χ4v) is 2.41. The molecule has 1 unspecified atom stereocenters. The van der Waals surface area contributed by atoms with E-state index in [1.165, 1.54) is 24.9 Å². The normalized spacial score (nSPS) is 11.8. The Kier molecular flexibility index (Phi) is 5.21. The summed E-state index contributed by atoms with van der Waals surface area (Å²) in [6, 6.07) is 7.63. The average molecular weight is 355 g/mol. The fraction of sp³-hybridized carbons (Fsp3) is 0.222. The van der Waals surface area contributed by atoms with Crippen molar-refractivity contribution in [2.45, 2.75) is 19.9 Å². The molecule has 0 spiro atoms. The lowest BCUT2D eigenvalue weighted by molar-refractivity contribution is 0.0939. The largest absolute Gasteiger partial charge is 0.491 e.